The van der Waals surface area contributed by atoms with E-state index in [2.05, 4.69) is 20.8 Å². The van der Waals surface area contributed by atoms with Gasteiger partial charge in [-0.1, -0.05) is 40.5 Å². The van der Waals surface area contributed by atoms with Crippen molar-refractivity contribution >= 4 is 60.7 Å². The van der Waals surface area contributed by atoms with Crippen LogP contribution in [0.4, 0.5) is 11.4 Å². The number of nitrogens with zero attached hydrogens (tertiary/aromatic N) is 4. The van der Waals surface area contributed by atoms with Gasteiger partial charge in [0, 0.05) is 67.4 Å². The van der Waals surface area contributed by atoms with Crippen LogP contribution in [0.15, 0.2) is 45.8 Å². The molecular weight excluding hydrogens is 592 g/mol. The molecule has 0 aromatic heterocycles. The van der Waals surface area contributed by atoms with E-state index in [1.165, 1.54) is 4.31 Å². The zero-order valence-corrected chi connectivity index (χ0v) is 24.6. The van der Waals surface area contributed by atoms with Gasteiger partial charge in [-0.2, -0.15) is 4.31 Å². The molecule has 3 heterocycles. The highest BCUT2D eigenvalue weighted by atomic mass is 79.9. The van der Waals surface area contributed by atoms with Gasteiger partial charge in [0.1, 0.15) is 4.90 Å². The second kappa shape index (κ2) is 11.2. The van der Waals surface area contributed by atoms with Crippen molar-refractivity contribution < 1.29 is 18.0 Å². The molecule has 3 aliphatic heterocycles. The minimum atomic E-state index is -3.91. The Morgan fingerprint density at radius 3 is 2.53 bits per heavy atom. The molecule has 8 nitrogen and oxygen atoms in total. The predicted molar refractivity (Wildman–Crippen MR) is 152 cm³/mol. The van der Waals surface area contributed by atoms with Gasteiger partial charge in [0.25, 0.3) is 0 Å². The van der Waals surface area contributed by atoms with Gasteiger partial charge in [0.2, 0.25) is 21.8 Å². The fourth-order valence-electron chi connectivity index (χ4n) is 5.72. The Kier molecular flexibility index (Phi) is 8.05. The maximum Gasteiger partial charge on any atom is 0.245 e. The van der Waals surface area contributed by atoms with Crippen LogP contribution in [-0.2, 0) is 26.0 Å². The van der Waals surface area contributed by atoms with Crippen molar-refractivity contribution in [2.75, 3.05) is 55.6 Å². The summed E-state index contributed by atoms with van der Waals surface area (Å²) in [4.78, 5) is 31.9. The number of benzene rings is 2. The second-order valence-electron chi connectivity index (χ2n) is 10.1. The fraction of sp³-hybridized carbons (Fsp3) is 0.481. The molecule has 3 aliphatic rings. The van der Waals surface area contributed by atoms with Crippen LogP contribution in [0.3, 0.4) is 0 Å². The van der Waals surface area contributed by atoms with Crippen LogP contribution in [0.25, 0.3) is 0 Å². The molecule has 2 fully saturated rings. The lowest BCUT2D eigenvalue weighted by Gasteiger charge is -2.39. The Balaban J connectivity index is 1.31. The number of sulfonamides is 1. The smallest absolute Gasteiger partial charge is 0.245 e. The Morgan fingerprint density at radius 1 is 1.05 bits per heavy atom. The van der Waals surface area contributed by atoms with Crippen LogP contribution in [0.2, 0.25) is 5.02 Å². The Hall–Kier alpha value is -2.14. The third kappa shape index (κ3) is 5.33. The zero-order chi connectivity index (χ0) is 27.0. The van der Waals surface area contributed by atoms with E-state index in [9.17, 15) is 18.0 Å². The summed E-state index contributed by atoms with van der Waals surface area (Å²) in [7, 11) is -3.91. The van der Waals surface area contributed by atoms with E-state index in [0.717, 1.165) is 11.3 Å². The Labute approximate surface area is 237 Å². The molecule has 0 spiro atoms. The molecule has 204 valence electrons. The van der Waals surface area contributed by atoms with Crippen LogP contribution in [0.1, 0.15) is 31.7 Å². The highest BCUT2D eigenvalue weighted by Gasteiger charge is 2.39. The standard InChI is InChI=1S/C27H32BrClN4O4S/c1-2-25(34)33-10-8-19-15-21(28)16-24(26(19)33)38(36,37)32-9-4-5-20(18-32)27(35)31-13-11-30(12-14-31)23-7-3-6-22(29)17-23/h3,6-7,15-17,20H,2,4-5,8-14,18H2,1H3/t20-/m1/s1. The summed E-state index contributed by atoms with van der Waals surface area (Å²) in [6.45, 7) is 5.34. The maximum atomic E-state index is 14.0. The van der Waals surface area contributed by atoms with Gasteiger partial charge in [-0.25, -0.2) is 8.42 Å². The molecule has 2 saturated heterocycles. The maximum absolute atomic E-state index is 14.0. The molecule has 2 amide bonds. The summed E-state index contributed by atoms with van der Waals surface area (Å²) in [5.74, 6) is -0.464. The first kappa shape index (κ1) is 27.4. The largest absolute Gasteiger partial charge is 0.368 e. The van der Waals surface area contributed by atoms with Gasteiger partial charge >= 0.3 is 0 Å². The molecule has 2 aromatic carbocycles. The summed E-state index contributed by atoms with van der Waals surface area (Å²) < 4.78 is 30.0. The fourth-order valence-corrected chi connectivity index (χ4v) is 8.35. The number of carbonyl (C=O) groups is 2. The number of carbonyl (C=O) groups excluding carboxylic acids is 2. The molecule has 0 bridgehead atoms. The average Bonchev–Trinajstić information content (AvgIpc) is 3.35. The third-order valence-electron chi connectivity index (χ3n) is 7.71. The van der Waals surface area contributed by atoms with Gasteiger partial charge in [0.05, 0.1) is 11.6 Å². The predicted octanol–water partition coefficient (Wildman–Crippen LogP) is 4.15. The second-order valence-corrected chi connectivity index (χ2v) is 13.3. The molecule has 11 heteroatoms. The van der Waals surface area contributed by atoms with E-state index < -0.39 is 10.0 Å². The van der Waals surface area contributed by atoms with Gasteiger partial charge in [-0.05, 0) is 55.2 Å². The normalized spacial score (nSPS) is 20.5. The number of hydrogen-bond donors (Lipinski definition) is 0. The van der Waals surface area contributed by atoms with E-state index in [4.69, 9.17) is 11.6 Å². The van der Waals surface area contributed by atoms with E-state index in [1.54, 1.807) is 17.9 Å². The summed E-state index contributed by atoms with van der Waals surface area (Å²) in [5, 5.41) is 0.683. The molecule has 0 aliphatic carbocycles. The first-order chi connectivity index (χ1) is 18.2. The molecule has 2 aromatic rings. The monoisotopic (exact) mass is 622 g/mol. The van der Waals surface area contributed by atoms with E-state index in [1.807, 2.05) is 35.2 Å². The molecule has 5 rings (SSSR count). The average molecular weight is 624 g/mol. The number of fused-ring (bicyclic) bond motifs is 1. The van der Waals surface area contributed by atoms with Crippen LogP contribution in [0.5, 0.6) is 0 Å². The number of hydrogen-bond acceptors (Lipinski definition) is 5. The molecule has 0 saturated carbocycles. The minimum absolute atomic E-state index is 0.0119. The van der Waals surface area contributed by atoms with Crippen molar-refractivity contribution in [2.24, 2.45) is 5.92 Å². The quantitative estimate of drug-likeness (QED) is 0.500. The van der Waals surface area contributed by atoms with Crippen LogP contribution in [0, 0.1) is 5.92 Å². The third-order valence-corrected chi connectivity index (χ3v) is 10.3. The minimum Gasteiger partial charge on any atom is -0.368 e. The molecular formula is C27H32BrClN4O4S. The summed E-state index contributed by atoms with van der Waals surface area (Å²) >= 11 is 9.60. The first-order valence-corrected chi connectivity index (χ1v) is 15.7. The van der Waals surface area contributed by atoms with Gasteiger partial charge < -0.3 is 14.7 Å². The van der Waals surface area contributed by atoms with Crippen LogP contribution < -0.4 is 9.80 Å². The number of piperidine rings is 1. The summed E-state index contributed by atoms with van der Waals surface area (Å²) in [6, 6.07) is 11.2. The Morgan fingerprint density at radius 2 is 1.82 bits per heavy atom. The van der Waals surface area contributed by atoms with Gasteiger partial charge in [0.15, 0.2) is 0 Å². The van der Waals surface area contributed by atoms with Crippen molar-refractivity contribution in [3.8, 4) is 0 Å². The van der Waals surface area contributed by atoms with Crippen molar-refractivity contribution in [1.29, 1.82) is 0 Å². The number of halogens is 2. The van der Waals surface area contributed by atoms with Crippen LogP contribution in [-0.4, -0.2) is 75.3 Å². The number of anilines is 2. The molecule has 38 heavy (non-hydrogen) atoms. The van der Waals surface area contributed by atoms with E-state index >= 15 is 0 Å². The number of piperazine rings is 1. The molecule has 0 radical (unpaired) electrons. The SMILES string of the molecule is CCC(=O)N1CCc2cc(Br)cc(S(=O)(=O)N3CCC[C@@H](C(=O)N4CCN(c5cccc(Cl)c5)CC4)C3)c21. The van der Waals surface area contributed by atoms with Crippen molar-refractivity contribution in [2.45, 2.75) is 37.5 Å². The van der Waals surface area contributed by atoms with Gasteiger partial charge in [-0.3, -0.25) is 9.59 Å². The molecule has 1 atom stereocenters. The van der Waals surface area contributed by atoms with Crippen LogP contribution >= 0.6 is 27.5 Å². The van der Waals surface area contributed by atoms with Crippen molar-refractivity contribution in [3.63, 3.8) is 0 Å². The van der Waals surface area contributed by atoms with Crippen molar-refractivity contribution in [1.82, 2.24) is 9.21 Å². The topological polar surface area (TPSA) is 81.2 Å². The summed E-state index contributed by atoms with van der Waals surface area (Å²) in [5.41, 5.74) is 2.38. The van der Waals surface area contributed by atoms with Crippen molar-refractivity contribution in [3.05, 3.63) is 51.5 Å². The van der Waals surface area contributed by atoms with E-state index in [-0.39, 0.29) is 29.2 Å². The lowest BCUT2D eigenvalue weighted by Crippen LogP contribution is -2.53. The van der Waals surface area contributed by atoms with E-state index in [0.29, 0.717) is 80.1 Å². The highest BCUT2D eigenvalue weighted by Crippen LogP contribution is 2.40. The van der Waals surface area contributed by atoms with Gasteiger partial charge in [-0.15, -0.1) is 0 Å². The highest BCUT2D eigenvalue weighted by molar-refractivity contribution is 9.10. The lowest BCUT2D eigenvalue weighted by molar-refractivity contribution is -0.137. The zero-order valence-electron chi connectivity index (χ0n) is 21.4. The molecule has 0 unspecified atom stereocenters. The molecule has 0 N–H and O–H groups in total. The Bertz CT molecular complexity index is 1350. The first-order valence-electron chi connectivity index (χ1n) is 13.1. The number of amides is 2. The lowest BCUT2D eigenvalue weighted by atomic mass is 9.97. The number of rotatable bonds is 5. The summed E-state index contributed by atoms with van der Waals surface area (Å²) in [6.07, 6.45) is 2.20.